The van der Waals surface area contributed by atoms with Gasteiger partial charge < -0.3 is 0 Å². The van der Waals surface area contributed by atoms with Gasteiger partial charge in [0, 0.05) is 6.42 Å². The fraction of sp³-hybridized carbons (Fsp3) is 0.833. The molecular weight excluding hydrogens is 176 g/mol. The van der Waals surface area contributed by atoms with E-state index in [0.29, 0.717) is 6.42 Å². The van der Waals surface area contributed by atoms with Gasteiger partial charge in [-0.05, 0) is 20.3 Å². The first-order valence-corrected chi connectivity index (χ1v) is 5.47. The van der Waals surface area contributed by atoms with Gasteiger partial charge in [0.25, 0.3) is 0 Å². The third-order valence-electron chi connectivity index (χ3n) is 2.46. The minimum atomic E-state index is -0.898. The van der Waals surface area contributed by atoms with Gasteiger partial charge in [0.2, 0.25) is 6.29 Å². The summed E-state index contributed by atoms with van der Waals surface area (Å²) in [6, 6.07) is 0. The summed E-state index contributed by atoms with van der Waals surface area (Å²) in [5.74, 6) is 0.0176. The van der Waals surface area contributed by atoms with Gasteiger partial charge in [0.1, 0.15) is 5.78 Å². The molecule has 1 radical (unpaired) electrons. The van der Waals surface area contributed by atoms with Crippen molar-refractivity contribution in [3.05, 3.63) is 0 Å². The molecule has 0 aromatic rings. The number of hydrogen-bond donors (Lipinski definition) is 0. The number of carbonyl (C=O) groups is 1. The van der Waals surface area contributed by atoms with Gasteiger partial charge in [0.15, 0.2) is 0 Å². The number of Topliss-reactive ketones (excluding diaryl/α,β-unsaturated/α-hetero) is 1. The minimum absolute atomic E-state index is 0.0176. The lowest BCUT2D eigenvalue weighted by Crippen LogP contribution is -2.25. The van der Waals surface area contributed by atoms with Gasteiger partial charge in [-0.1, -0.05) is 32.6 Å². The molecule has 0 aromatic carbocycles. The molecule has 81 valence electrons. The van der Waals surface area contributed by atoms with Gasteiger partial charge in [-0.15, -0.1) is 0 Å². The van der Waals surface area contributed by atoms with E-state index in [1.165, 1.54) is 19.3 Å². The van der Waals surface area contributed by atoms with Crippen LogP contribution in [0.15, 0.2) is 0 Å². The van der Waals surface area contributed by atoms with Crippen molar-refractivity contribution in [1.82, 2.24) is 0 Å². The molecule has 0 fully saturated rings. The molecule has 0 rings (SSSR count). The summed E-state index contributed by atoms with van der Waals surface area (Å²) >= 11 is 0. The van der Waals surface area contributed by atoms with Crippen molar-refractivity contribution in [2.45, 2.75) is 59.3 Å². The second-order valence-electron chi connectivity index (χ2n) is 4.31. The van der Waals surface area contributed by atoms with Crippen LogP contribution in [0.5, 0.6) is 0 Å². The molecule has 0 amide bonds. The van der Waals surface area contributed by atoms with E-state index in [9.17, 15) is 9.59 Å². The molecule has 2 nitrogen and oxygen atoms in total. The number of rotatable bonds is 8. The summed E-state index contributed by atoms with van der Waals surface area (Å²) in [4.78, 5) is 21.9. The first kappa shape index (κ1) is 13.3. The Balaban J connectivity index is 3.59. The molecule has 0 aliphatic heterocycles. The van der Waals surface area contributed by atoms with E-state index in [-0.39, 0.29) is 5.78 Å². The summed E-state index contributed by atoms with van der Waals surface area (Å²) < 4.78 is 0. The highest BCUT2D eigenvalue weighted by atomic mass is 16.1. The van der Waals surface area contributed by atoms with Crippen LogP contribution in [0.4, 0.5) is 0 Å². The first-order valence-electron chi connectivity index (χ1n) is 5.47. The summed E-state index contributed by atoms with van der Waals surface area (Å²) in [5.41, 5.74) is -0.898. The van der Waals surface area contributed by atoms with Crippen LogP contribution < -0.4 is 0 Å². The van der Waals surface area contributed by atoms with E-state index in [1.54, 1.807) is 20.1 Å². The van der Waals surface area contributed by atoms with Crippen molar-refractivity contribution in [2.75, 3.05) is 0 Å². The van der Waals surface area contributed by atoms with Crippen LogP contribution in [0.25, 0.3) is 0 Å². The Morgan fingerprint density at radius 3 is 2.21 bits per heavy atom. The van der Waals surface area contributed by atoms with E-state index < -0.39 is 5.41 Å². The summed E-state index contributed by atoms with van der Waals surface area (Å²) in [6.45, 7) is 5.43. The maximum atomic E-state index is 11.5. The van der Waals surface area contributed by atoms with Crippen molar-refractivity contribution in [3.8, 4) is 0 Å². The average Bonchev–Trinajstić information content (AvgIpc) is 2.17. The lowest BCUT2D eigenvalue weighted by Gasteiger charge is -2.13. The zero-order valence-electron chi connectivity index (χ0n) is 9.56. The smallest absolute Gasteiger partial charge is 0.212 e. The number of hydrogen-bond acceptors (Lipinski definition) is 2. The lowest BCUT2D eigenvalue weighted by atomic mass is 9.87. The predicted molar refractivity (Wildman–Crippen MR) is 57.9 cm³/mol. The van der Waals surface area contributed by atoms with Gasteiger partial charge >= 0.3 is 0 Å². The largest absolute Gasteiger partial charge is 0.299 e. The van der Waals surface area contributed by atoms with Crippen molar-refractivity contribution in [3.63, 3.8) is 0 Å². The highest BCUT2D eigenvalue weighted by molar-refractivity contribution is 5.97. The topological polar surface area (TPSA) is 34.1 Å². The van der Waals surface area contributed by atoms with Crippen LogP contribution in [-0.4, -0.2) is 12.1 Å². The third kappa shape index (κ3) is 5.15. The van der Waals surface area contributed by atoms with Crippen molar-refractivity contribution in [1.29, 1.82) is 0 Å². The van der Waals surface area contributed by atoms with E-state index in [1.807, 2.05) is 0 Å². The van der Waals surface area contributed by atoms with Crippen molar-refractivity contribution in [2.24, 2.45) is 5.41 Å². The third-order valence-corrected chi connectivity index (χ3v) is 2.46. The monoisotopic (exact) mass is 197 g/mol. The Kier molecular flexibility index (Phi) is 6.43. The molecule has 14 heavy (non-hydrogen) atoms. The molecule has 0 aliphatic rings. The van der Waals surface area contributed by atoms with Crippen LogP contribution in [0, 0.1) is 5.41 Å². The molecule has 0 unspecified atom stereocenters. The van der Waals surface area contributed by atoms with Crippen LogP contribution in [-0.2, 0) is 9.59 Å². The average molecular weight is 197 g/mol. The Morgan fingerprint density at radius 2 is 1.71 bits per heavy atom. The van der Waals surface area contributed by atoms with E-state index in [2.05, 4.69) is 6.92 Å². The van der Waals surface area contributed by atoms with E-state index in [4.69, 9.17) is 0 Å². The summed E-state index contributed by atoms with van der Waals surface area (Å²) in [5, 5.41) is 0. The van der Waals surface area contributed by atoms with Crippen molar-refractivity contribution >= 4 is 12.1 Å². The van der Waals surface area contributed by atoms with Crippen molar-refractivity contribution < 1.29 is 9.59 Å². The van der Waals surface area contributed by atoms with Crippen LogP contribution in [0.3, 0.4) is 0 Å². The minimum Gasteiger partial charge on any atom is -0.299 e. The second kappa shape index (κ2) is 6.74. The zero-order chi connectivity index (χ0) is 11.0. The molecular formula is C12H21O2. The molecule has 0 bridgehead atoms. The van der Waals surface area contributed by atoms with Crippen LogP contribution >= 0.6 is 0 Å². The maximum absolute atomic E-state index is 11.5. The van der Waals surface area contributed by atoms with Gasteiger partial charge in [-0.3, -0.25) is 9.59 Å². The molecule has 0 heterocycles. The standard InChI is InChI=1S/C12H21O2/c1-4-5-6-7-8-9-11(14)12(2,3)10-13/h4-9H2,1-3H3. The first-order chi connectivity index (χ1) is 6.54. The normalized spacial score (nSPS) is 11.4. The maximum Gasteiger partial charge on any atom is 0.212 e. The lowest BCUT2D eigenvalue weighted by molar-refractivity contribution is -0.124. The van der Waals surface area contributed by atoms with Gasteiger partial charge in [-0.25, -0.2) is 0 Å². The number of carbonyl (C=O) groups excluding carboxylic acids is 2. The molecule has 0 saturated carbocycles. The summed E-state index contributed by atoms with van der Waals surface area (Å²) in [6.07, 6.45) is 7.94. The molecule has 0 atom stereocenters. The Hall–Kier alpha value is -0.660. The Morgan fingerprint density at radius 1 is 1.14 bits per heavy atom. The molecule has 2 heteroatoms. The molecule has 0 aliphatic carbocycles. The fourth-order valence-corrected chi connectivity index (χ4v) is 1.26. The Bertz CT molecular complexity index is 183. The quantitative estimate of drug-likeness (QED) is 0.442. The fourth-order valence-electron chi connectivity index (χ4n) is 1.26. The SMILES string of the molecule is CCCCCCCC(=O)C(C)(C)[C]=O. The number of unbranched alkanes of at least 4 members (excludes halogenated alkanes) is 4. The van der Waals surface area contributed by atoms with E-state index in [0.717, 1.165) is 12.8 Å². The molecule has 0 N–H and O–H groups in total. The van der Waals surface area contributed by atoms with Gasteiger partial charge in [0.05, 0.1) is 5.41 Å². The second-order valence-corrected chi connectivity index (χ2v) is 4.31. The predicted octanol–water partition coefficient (Wildman–Crippen LogP) is 3.05. The number of ketones is 1. The zero-order valence-corrected chi connectivity index (χ0v) is 9.56. The van der Waals surface area contributed by atoms with E-state index >= 15 is 0 Å². The highest BCUT2D eigenvalue weighted by Gasteiger charge is 2.26. The summed E-state index contributed by atoms with van der Waals surface area (Å²) in [7, 11) is 0. The molecule has 0 aromatic heterocycles. The van der Waals surface area contributed by atoms with Crippen LogP contribution in [0.2, 0.25) is 0 Å². The molecule has 0 spiro atoms. The highest BCUT2D eigenvalue weighted by Crippen LogP contribution is 2.17. The molecule has 0 saturated heterocycles. The van der Waals surface area contributed by atoms with Gasteiger partial charge in [-0.2, -0.15) is 0 Å². The Labute approximate surface area is 87.1 Å². The van der Waals surface area contributed by atoms with Crippen LogP contribution in [0.1, 0.15) is 59.3 Å².